The molecule has 0 radical (unpaired) electrons. The third kappa shape index (κ3) is 4.28. The maximum absolute atomic E-state index is 12.4. The van der Waals surface area contributed by atoms with Crippen LogP contribution in [0.4, 0.5) is 0 Å². The van der Waals surface area contributed by atoms with Gasteiger partial charge in [-0.2, -0.15) is 0 Å². The van der Waals surface area contributed by atoms with Crippen LogP contribution in [0.25, 0.3) is 0 Å². The molecule has 0 fully saturated rings. The lowest BCUT2D eigenvalue weighted by molar-refractivity contribution is -0.127. The molecule has 4 nitrogen and oxygen atoms in total. The summed E-state index contributed by atoms with van der Waals surface area (Å²) in [5, 5.41) is 2.97. The van der Waals surface area contributed by atoms with Gasteiger partial charge in [0.1, 0.15) is 11.5 Å². The number of nitrogens with one attached hydrogen (secondary N) is 1. The summed E-state index contributed by atoms with van der Waals surface area (Å²) in [6.07, 6.45) is -0.579. The Morgan fingerprint density at radius 3 is 2.42 bits per heavy atom. The second-order valence-electron chi connectivity index (χ2n) is 5.98. The predicted octanol–water partition coefficient (Wildman–Crippen LogP) is 3.96. The predicted molar refractivity (Wildman–Crippen MR) is 95.6 cm³/mol. The summed E-state index contributed by atoms with van der Waals surface area (Å²) in [5.41, 5.74) is 3.28. The van der Waals surface area contributed by atoms with Crippen LogP contribution in [0.2, 0.25) is 0 Å². The highest BCUT2D eigenvalue weighted by molar-refractivity contribution is 5.81. The van der Waals surface area contributed by atoms with E-state index in [1.165, 1.54) is 5.56 Å². The quantitative estimate of drug-likeness (QED) is 0.874. The van der Waals surface area contributed by atoms with Gasteiger partial charge in [-0.25, -0.2) is 0 Å². The molecule has 2 aromatic rings. The second-order valence-corrected chi connectivity index (χ2v) is 5.98. The molecule has 2 rings (SSSR count). The van der Waals surface area contributed by atoms with E-state index in [0.29, 0.717) is 5.75 Å². The molecular formula is C20H25NO3. The van der Waals surface area contributed by atoms with E-state index < -0.39 is 6.10 Å². The van der Waals surface area contributed by atoms with Crippen molar-refractivity contribution in [1.82, 2.24) is 5.32 Å². The minimum atomic E-state index is -0.579. The van der Waals surface area contributed by atoms with Gasteiger partial charge in [-0.1, -0.05) is 24.3 Å². The van der Waals surface area contributed by atoms with E-state index >= 15 is 0 Å². The van der Waals surface area contributed by atoms with Gasteiger partial charge in [-0.3, -0.25) is 4.79 Å². The van der Waals surface area contributed by atoms with Crippen LogP contribution in [-0.4, -0.2) is 19.1 Å². The molecule has 2 atom stereocenters. The third-order valence-corrected chi connectivity index (χ3v) is 4.12. The first kappa shape index (κ1) is 17.9. The van der Waals surface area contributed by atoms with Crippen molar-refractivity contribution in [2.75, 3.05) is 7.11 Å². The minimum Gasteiger partial charge on any atom is -0.496 e. The standard InChI is InChI=1S/C20H25NO3/c1-13-10-11-17(12-14(13)2)24-16(4)20(22)21-15(3)18-8-6-7-9-19(18)23-5/h6-12,15-16H,1-5H3,(H,21,22)/t15-,16+/m1/s1. The number of rotatable bonds is 6. The maximum Gasteiger partial charge on any atom is 0.261 e. The van der Waals surface area contributed by atoms with Crippen LogP contribution < -0.4 is 14.8 Å². The number of amides is 1. The fourth-order valence-corrected chi connectivity index (χ4v) is 2.48. The van der Waals surface area contributed by atoms with E-state index in [4.69, 9.17) is 9.47 Å². The Morgan fingerprint density at radius 2 is 1.75 bits per heavy atom. The maximum atomic E-state index is 12.4. The van der Waals surface area contributed by atoms with Crippen LogP contribution in [-0.2, 0) is 4.79 Å². The lowest BCUT2D eigenvalue weighted by atomic mass is 10.1. The van der Waals surface area contributed by atoms with Gasteiger partial charge >= 0.3 is 0 Å². The average Bonchev–Trinajstić information content (AvgIpc) is 2.57. The number of carbonyl (C=O) groups is 1. The van der Waals surface area contributed by atoms with E-state index in [2.05, 4.69) is 5.32 Å². The first-order valence-electron chi connectivity index (χ1n) is 8.09. The van der Waals surface area contributed by atoms with Gasteiger partial charge in [0.2, 0.25) is 0 Å². The second kappa shape index (κ2) is 7.86. The van der Waals surface area contributed by atoms with Gasteiger partial charge < -0.3 is 14.8 Å². The molecular weight excluding hydrogens is 302 g/mol. The van der Waals surface area contributed by atoms with Crippen LogP contribution >= 0.6 is 0 Å². The molecule has 2 aromatic carbocycles. The van der Waals surface area contributed by atoms with E-state index in [0.717, 1.165) is 16.9 Å². The zero-order chi connectivity index (χ0) is 17.7. The molecule has 4 heteroatoms. The molecule has 0 saturated carbocycles. The van der Waals surface area contributed by atoms with Crippen molar-refractivity contribution in [1.29, 1.82) is 0 Å². The molecule has 24 heavy (non-hydrogen) atoms. The summed E-state index contributed by atoms with van der Waals surface area (Å²) in [7, 11) is 1.62. The summed E-state index contributed by atoms with van der Waals surface area (Å²) >= 11 is 0. The van der Waals surface area contributed by atoms with Gasteiger partial charge in [-0.05, 0) is 57.0 Å². The van der Waals surface area contributed by atoms with Gasteiger partial charge in [0.05, 0.1) is 13.2 Å². The van der Waals surface area contributed by atoms with E-state index in [-0.39, 0.29) is 11.9 Å². The van der Waals surface area contributed by atoms with E-state index in [9.17, 15) is 4.79 Å². The Morgan fingerprint density at radius 1 is 1.04 bits per heavy atom. The fraction of sp³-hybridized carbons (Fsp3) is 0.350. The van der Waals surface area contributed by atoms with Crippen LogP contribution in [0.5, 0.6) is 11.5 Å². The van der Waals surface area contributed by atoms with Crippen LogP contribution in [0.15, 0.2) is 42.5 Å². The highest BCUT2D eigenvalue weighted by atomic mass is 16.5. The van der Waals surface area contributed by atoms with Crippen molar-refractivity contribution in [2.24, 2.45) is 0 Å². The minimum absolute atomic E-state index is 0.161. The molecule has 0 aliphatic carbocycles. The SMILES string of the molecule is COc1ccccc1[C@@H](C)NC(=O)[C@H](C)Oc1ccc(C)c(C)c1. The smallest absolute Gasteiger partial charge is 0.261 e. The Hall–Kier alpha value is -2.49. The van der Waals surface area contributed by atoms with Crippen LogP contribution in [0, 0.1) is 13.8 Å². The number of ether oxygens (including phenoxy) is 2. The van der Waals surface area contributed by atoms with Crippen molar-refractivity contribution in [3.8, 4) is 11.5 Å². The molecule has 0 aromatic heterocycles. The lowest BCUT2D eigenvalue weighted by Gasteiger charge is -2.20. The monoisotopic (exact) mass is 327 g/mol. The molecule has 0 heterocycles. The topological polar surface area (TPSA) is 47.6 Å². The molecule has 0 aliphatic heterocycles. The van der Waals surface area contributed by atoms with Crippen molar-refractivity contribution < 1.29 is 14.3 Å². The summed E-state index contributed by atoms with van der Waals surface area (Å²) in [5.74, 6) is 1.30. The summed E-state index contributed by atoms with van der Waals surface area (Å²) in [4.78, 5) is 12.4. The number of hydrogen-bond donors (Lipinski definition) is 1. The summed E-state index contributed by atoms with van der Waals surface area (Å²) in [6, 6.07) is 13.3. The number of methoxy groups -OCH3 is 1. The highest BCUT2D eigenvalue weighted by Crippen LogP contribution is 2.24. The Labute approximate surface area is 143 Å². The van der Waals surface area contributed by atoms with Gasteiger partial charge in [0.15, 0.2) is 6.10 Å². The number of carbonyl (C=O) groups excluding carboxylic acids is 1. The third-order valence-electron chi connectivity index (χ3n) is 4.12. The number of benzene rings is 2. The van der Waals surface area contributed by atoms with E-state index in [1.807, 2.05) is 63.2 Å². The normalized spacial score (nSPS) is 13.0. The molecule has 0 spiro atoms. The zero-order valence-electron chi connectivity index (χ0n) is 14.9. The summed E-state index contributed by atoms with van der Waals surface area (Å²) in [6.45, 7) is 7.75. The van der Waals surface area contributed by atoms with Gasteiger partial charge in [0.25, 0.3) is 5.91 Å². The molecule has 1 N–H and O–H groups in total. The largest absolute Gasteiger partial charge is 0.496 e. The first-order chi connectivity index (χ1) is 11.4. The molecule has 0 bridgehead atoms. The molecule has 0 aliphatic rings. The van der Waals surface area contributed by atoms with Crippen molar-refractivity contribution in [2.45, 2.75) is 39.8 Å². The highest BCUT2D eigenvalue weighted by Gasteiger charge is 2.19. The molecule has 128 valence electrons. The number of aryl methyl sites for hydroxylation is 2. The zero-order valence-corrected chi connectivity index (χ0v) is 14.9. The van der Waals surface area contributed by atoms with Gasteiger partial charge in [0, 0.05) is 5.56 Å². The van der Waals surface area contributed by atoms with Crippen molar-refractivity contribution >= 4 is 5.91 Å². The Bertz CT molecular complexity index is 712. The van der Waals surface area contributed by atoms with Crippen molar-refractivity contribution in [3.63, 3.8) is 0 Å². The van der Waals surface area contributed by atoms with Crippen LogP contribution in [0.3, 0.4) is 0 Å². The first-order valence-corrected chi connectivity index (χ1v) is 8.09. The summed E-state index contributed by atoms with van der Waals surface area (Å²) < 4.78 is 11.1. The van der Waals surface area contributed by atoms with Crippen molar-refractivity contribution in [3.05, 3.63) is 59.2 Å². The van der Waals surface area contributed by atoms with Gasteiger partial charge in [-0.15, -0.1) is 0 Å². The van der Waals surface area contributed by atoms with Crippen LogP contribution in [0.1, 0.15) is 36.6 Å². The van der Waals surface area contributed by atoms with E-state index in [1.54, 1.807) is 14.0 Å². The number of hydrogen-bond acceptors (Lipinski definition) is 3. The Kier molecular flexibility index (Phi) is 5.85. The Balaban J connectivity index is 2.01. The molecule has 0 unspecified atom stereocenters. The molecule has 1 amide bonds. The lowest BCUT2D eigenvalue weighted by Crippen LogP contribution is -2.37. The number of para-hydroxylation sites is 1. The molecule has 0 saturated heterocycles. The average molecular weight is 327 g/mol. The fourth-order valence-electron chi connectivity index (χ4n) is 2.48.